The third-order valence-corrected chi connectivity index (χ3v) is 6.04. The van der Waals surface area contributed by atoms with Crippen LogP contribution in [0.15, 0.2) is 18.2 Å². The van der Waals surface area contributed by atoms with Crippen LogP contribution in [0.25, 0.3) is 10.2 Å². The van der Waals surface area contributed by atoms with Gasteiger partial charge >= 0.3 is 0 Å². The molecule has 2 fully saturated rings. The van der Waals surface area contributed by atoms with Crippen LogP contribution < -0.4 is 4.74 Å². The summed E-state index contributed by atoms with van der Waals surface area (Å²) in [6.07, 6.45) is 5.24. The molecule has 1 aliphatic carbocycles. The number of aromatic nitrogens is 1. The van der Waals surface area contributed by atoms with Crippen LogP contribution in [0.2, 0.25) is 5.02 Å². The molecule has 4 rings (SSSR count). The maximum atomic E-state index is 12.3. The van der Waals surface area contributed by atoms with E-state index in [9.17, 15) is 4.79 Å². The first kappa shape index (κ1) is 15.2. The number of hydrogen-bond donors (Lipinski definition) is 0. The standard InChI is InChI=1S/C17H19ClN2O2S/c18-13-5-2-6-14-15(13)19-17(23-14)22-12-7-9-20(10-8-12)16(21)11-3-1-4-11/h2,5-6,11-12H,1,3-4,7-10H2. The van der Waals surface area contributed by atoms with Crippen molar-refractivity contribution in [1.29, 1.82) is 0 Å². The Morgan fingerprint density at radius 1 is 1.26 bits per heavy atom. The fourth-order valence-electron chi connectivity index (χ4n) is 3.20. The predicted octanol–water partition coefficient (Wildman–Crippen LogP) is 4.12. The van der Waals surface area contributed by atoms with Gasteiger partial charge in [0.1, 0.15) is 11.6 Å². The van der Waals surface area contributed by atoms with Gasteiger partial charge in [-0.15, -0.1) is 0 Å². The lowest BCUT2D eigenvalue weighted by molar-refractivity contribution is -0.140. The molecule has 6 heteroatoms. The number of piperidine rings is 1. The van der Waals surface area contributed by atoms with E-state index in [1.807, 2.05) is 23.1 Å². The molecule has 0 atom stereocenters. The Morgan fingerprint density at radius 2 is 2.04 bits per heavy atom. The molecule has 1 amide bonds. The van der Waals surface area contributed by atoms with E-state index in [4.69, 9.17) is 16.3 Å². The van der Waals surface area contributed by atoms with E-state index in [0.717, 1.165) is 49.0 Å². The Balaban J connectivity index is 1.36. The second-order valence-electron chi connectivity index (χ2n) is 6.34. The zero-order valence-corrected chi connectivity index (χ0v) is 14.4. The fraction of sp³-hybridized carbons (Fsp3) is 0.529. The molecule has 1 saturated carbocycles. The van der Waals surface area contributed by atoms with Crippen molar-refractivity contribution >= 4 is 39.1 Å². The summed E-state index contributed by atoms with van der Waals surface area (Å²) in [6.45, 7) is 1.59. The topological polar surface area (TPSA) is 42.4 Å². The Bertz CT molecular complexity index is 720. The molecule has 1 aromatic carbocycles. The van der Waals surface area contributed by atoms with Gasteiger partial charge in [0, 0.05) is 31.8 Å². The van der Waals surface area contributed by atoms with Crippen molar-refractivity contribution in [1.82, 2.24) is 9.88 Å². The maximum absolute atomic E-state index is 12.3. The van der Waals surface area contributed by atoms with Crippen LogP contribution in [0.5, 0.6) is 5.19 Å². The van der Waals surface area contributed by atoms with Gasteiger partial charge in [0.15, 0.2) is 0 Å². The number of fused-ring (bicyclic) bond motifs is 1. The summed E-state index contributed by atoms with van der Waals surface area (Å²) in [5.41, 5.74) is 0.812. The number of benzene rings is 1. The molecule has 2 aromatic rings. The predicted molar refractivity (Wildman–Crippen MR) is 92.2 cm³/mol. The largest absolute Gasteiger partial charge is 0.467 e. The van der Waals surface area contributed by atoms with Crippen LogP contribution in [0.1, 0.15) is 32.1 Å². The lowest BCUT2D eigenvalue weighted by Gasteiger charge is -2.36. The summed E-state index contributed by atoms with van der Waals surface area (Å²) in [7, 11) is 0. The first-order chi connectivity index (χ1) is 11.2. The van der Waals surface area contributed by atoms with Gasteiger partial charge in [-0.3, -0.25) is 4.79 Å². The lowest BCUT2D eigenvalue weighted by Crippen LogP contribution is -2.45. The summed E-state index contributed by atoms with van der Waals surface area (Å²) in [4.78, 5) is 18.8. The van der Waals surface area contributed by atoms with E-state index in [-0.39, 0.29) is 6.10 Å². The molecule has 23 heavy (non-hydrogen) atoms. The number of amides is 1. The van der Waals surface area contributed by atoms with Crippen LogP contribution >= 0.6 is 22.9 Å². The smallest absolute Gasteiger partial charge is 0.274 e. The van der Waals surface area contributed by atoms with Gasteiger partial charge in [0.2, 0.25) is 5.91 Å². The van der Waals surface area contributed by atoms with E-state index in [1.54, 1.807) is 0 Å². The second kappa shape index (κ2) is 6.29. The summed E-state index contributed by atoms with van der Waals surface area (Å²) >= 11 is 7.69. The highest BCUT2D eigenvalue weighted by Crippen LogP contribution is 2.34. The van der Waals surface area contributed by atoms with Gasteiger partial charge in [-0.25, -0.2) is 4.98 Å². The van der Waals surface area contributed by atoms with Crippen LogP contribution in [-0.2, 0) is 4.79 Å². The number of thiazole rings is 1. The molecule has 122 valence electrons. The summed E-state index contributed by atoms with van der Waals surface area (Å²) in [5.74, 6) is 0.639. The highest BCUT2D eigenvalue weighted by Gasteiger charge is 2.32. The molecule has 0 bridgehead atoms. The Hall–Kier alpha value is -1.33. The summed E-state index contributed by atoms with van der Waals surface area (Å²) in [6, 6.07) is 5.78. The average Bonchev–Trinajstić information content (AvgIpc) is 2.90. The fourth-order valence-corrected chi connectivity index (χ4v) is 4.38. The van der Waals surface area contributed by atoms with Crippen molar-refractivity contribution in [2.75, 3.05) is 13.1 Å². The van der Waals surface area contributed by atoms with Crippen LogP contribution in [0.3, 0.4) is 0 Å². The number of halogens is 1. The highest BCUT2D eigenvalue weighted by molar-refractivity contribution is 7.20. The normalized spacial score (nSPS) is 19.8. The van der Waals surface area contributed by atoms with Crippen molar-refractivity contribution in [3.63, 3.8) is 0 Å². The van der Waals surface area contributed by atoms with Crippen molar-refractivity contribution in [2.45, 2.75) is 38.2 Å². The van der Waals surface area contributed by atoms with Crippen LogP contribution in [-0.4, -0.2) is 35.0 Å². The molecular formula is C17H19ClN2O2S. The lowest BCUT2D eigenvalue weighted by atomic mass is 9.84. The highest BCUT2D eigenvalue weighted by atomic mass is 35.5. The molecular weight excluding hydrogens is 332 g/mol. The molecule has 2 aliphatic rings. The molecule has 4 nitrogen and oxygen atoms in total. The molecule has 0 spiro atoms. The third-order valence-electron chi connectivity index (χ3n) is 4.83. The Morgan fingerprint density at radius 3 is 2.70 bits per heavy atom. The number of ether oxygens (including phenoxy) is 1. The van der Waals surface area contributed by atoms with Gasteiger partial charge in [-0.1, -0.05) is 35.4 Å². The number of nitrogens with zero attached hydrogens (tertiary/aromatic N) is 2. The molecule has 2 heterocycles. The van der Waals surface area contributed by atoms with Gasteiger partial charge in [-0.05, 0) is 25.0 Å². The van der Waals surface area contributed by atoms with Crippen molar-refractivity contribution < 1.29 is 9.53 Å². The van der Waals surface area contributed by atoms with Crippen LogP contribution in [0, 0.1) is 5.92 Å². The number of hydrogen-bond acceptors (Lipinski definition) is 4. The summed E-state index contributed by atoms with van der Waals surface area (Å²) < 4.78 is 7.08. The van der Waals surface area contributed by atoms with Gasteiger partial charge < -0.3 is 9.64 Å². The first-order valence-corrected chi connectivity index (χ1v) is 9.40. The second-order valence-corrected chi connectivity index (χ2v) is 7.74. The van der Waals surface area contributed by atoms with Crippen molar-refractivity contribution in [2.24, 2.45) is 5.92 Å². The maximum Gasteiger partial charge on any atom is 0.274 e. The van der Waals surface area contributed by atoms with E-state index in [1.165, 1.54) is 17.8 Å². The van der Waals surface area contributed by atoms with E-state index >= 15 is 0 Å². The van der Waals surface area contributed by atoms with Crippen LogP contribution in [0.4, 0.5) is 0 Å². The minimum atomic E-state index is 0.139. The van der Waals surface area contributed by atoms with Gasteiger partial charge in [0.25, 0.3) is 5.19 Å². The number of rotatable bonds is 3. The number of carbonyl (C=O) groups excluding carboxylic acids is 1. The molecule has 1 saturated heterocycles. The van der Waals surface area contributed by atoms with Crippen molar-refractivity contribution in [3.8, 4) is 5.19 Å². The molecule has 1 aromatic heterocycles. The van der Waals surface area contributed by atoms with E-state index in [0.29, 0.717) is 22.0 Å². The number of carbonyl (C=O) groups is 1. The monoisotopic (exact) mass is 350 g/mol. The third kappa shape index (κ3) is 3.04. The average molecular weight is 351 g/mol. The minimum absolute atomic E-state index is 0.139. The molecule has 0 radical (unpaired) electrons. The van der Waals surface area contributed by atoms with Gasteiger partial charge in [0.05, 0.1) is 9.72 Å². The molecule has 0 unspecified atom stereocenters. The van der Waals surface area contributed by atoms with Crippen molar-refractivity contribution in [3.05, 3.63) is 23.2 Å². The number of likely N-dealkylation sites (tertiary alicyclic amines) is 1. The summed E-state index contributed by atoms with van der Waals surface area (Å²) in [5, 5.41) is 1.34. The Kier molecular flexibility index (Phi) is 4.16. The Labute approximate surface area is 144 Å². The SMILES string of the molecule is O=C(C1CCC1)N1CCC(Oc2nc3c(Cl)cccc3s2)CC1. The minimum Gasteiger partial charge on any atom is -0.467 e. The first-order valence-electron chi connectivity index (χ1n) is 8.21. The number of para-hydroxylation sites is 1. The van der Waals surface area contributed by atoms with Gasteiger partial charge in [-0.2, -0.15) is 0 Å². The van der Waals surface area contributed by atoms with E-state index in [2.05, 4.69) is 4.98 Å². The molecule has 1 aliphatic heterocycles. The molecule has 0 N–H and O–H groups in total. The quantitative estimate of drug-likeness (QED) is 0.836. The zero-order valence-electron chi connectivity index (χ0n) is 12.8. The van der Waals surface area contributed by atoms with E-state index < -0.39 is 0 Å². The zero-order chi connectivity index (χ0) is 15.8.